The van der Waals surface area contributed by atoms with Crippen LogP contribution >= 0.6 is 11.6 Å². The van der Waals surface area contributed by atoms with E-state index < -0.39 is 18.2 Å². The van der Waals surface area contributed by atoms with Gasteiger partial charge in [0, 0.05) is 47.2 Å². The van der Waals surface area contributed by atoms with Crippen molar-refractivity contribution in [2.75, 3.05) is 35.7 Å². The van der Waals surface area contributed by atoms with Crippen LogP contribution in [0.25, 0.3) is 11.1 Å². The molecule has 1 saturated heterocycles. The number of aliphatic carboxylic acids is 1. The van der Waals surface area contributed by atoms with Crippen LogP contribution in [-0.4, -0.2) is 60.3 Å². The Morgan fingerprint density at radius 2 is 1.83 bits per heavy atom. The smallest absolute Gasteiger partial charge is 0.475 e. The van der Waals surface area contributed by atoms with Crippen molar-refractivity contribution >= 4 is 52.5 Å². The van der Waals surface area contributed by atoms with Crippen molar-refractivity contribution in [1.82, 2.24) is 10.3 Å². The first-order valence-electron chi connectivity index (χ1n) is 15.1. The van der Waals surface area contributed by atoms with Crippen LogP contribution in [0.2, 0.25) is 5.02 Å². The number of benzene rings is 2. The number of nitrogens with one attached hydrogen (secondary N) is 3. The fraction of sp³-hybridized carbons (Fsp3) is 0.364. The van der Waals surface area contributed by atoms with Gasteiger partial charge in [-0.1, -0.05) is 37.1 Å². The van der Waals surface area contributed by atoms with Crippen molar-refractivity contribution in [3.05, 3.63) is 71.5 Å². The molecule has 2 bridgehead atoms. The topological polar surface area (TPSA) is 150 Å². The molecule has 48 heavy (non-hydrogen) atoms. The van der Waals surface area contributed by atoms with E-state index in [1.807, 2.05) is 49.4 Å². The van der Waals surface area contributed by atoms with Crippen molar-refractivity contribution in [2.24, 2.45) is 11.8 Å². The highest BCUT2D eigenvalue weighted by atomic mass is 35.5. The molecule has 0 aliphatic carbocycles. The standard InChI is InChI=1S/C31H34ClN5O4.C2HF3O2/c1-19-5-3-8-26(35-30(39)21-12-14-37(18-21)24-7-4-6-22(32)16-24)28-15-20(11-13-33-28)25-10-9-23(34-31(40)41-2)17-27(25)36-29(19)38;3-2(4,5)1(6)7/h4,6-7,9-11,13,15-17,19,21,26H,3,5,8,12,14,18H2,1-2H3,(H,34,40)(H,35,39)(H,36,38);(H,6,7)/t19-,21?,26+;/m1./s1. The lowest BCUT2D eigenvalue weighted by Gasteiger charge is -2.24. The summed E-state index contributed by atoms with van der Waals surface area (Å²) in [6.07, 6.45) is -1.15. The van der Waals surface area contributed by atoms with E-state index in [0.717, 1.165) is 41.9 Å². The van der Waals surface area contributed by atoms with Gasteiger partial charge in [0.25, 0.3) is 0 Å². The number of hydrogen-bond acceptors (Lipinski definition) is 7. The number of ether oxygens (including phenoxy) is 1. The molecule has 4 N–H and O–H groups in total. The van der Waals surface area contributed by atoms with Gasteiger partial charge in [-0.25, -0.2) is 9.59 Å². The highest BCUT2D eigenvalue weighted by Crippen LogP contribution is 2.34. The summed E-state index contributed by atoms with van der Waals surface area (Å²) < 4.78 is 36.4. The van der Waals surface area contributed by atoms with E-state index in [2.05, 4.69) is 25.8 Å². The molecule has 3 aromatic rings. The molecular formula is C33H35ClF3N5O6. The van der Waals surface area contributed by atoms with Gasteiger partial charge in [0.15, 0.2) is 0 Å². The van der Waals surface area contributed by atoms with Crippen molar-refractivity contribution in [2.45, 2.75) is 44.8 Å². The Bertz CT molecular complexity index is 1660. The van der Waals surface area contributed by atoms with E-state index in [4.69, 9.17) is 26.2 Å². The molecular weight excluding hydrogens is 655 g/mol. The molecule has 1 fully saturated rings. The SMILES string of the molecule is COC(=O)Nc1ccc2c(c1)NC(=O)[C@H](C)CCC[C@H](NC(=O)C1CCN(c3cccc(Cl)c3)C1)c1cc-2ccn1.O=C(O)C(F)(F)F. The number of methoxy groups -OCH3 is 1. The fourth-order valence-corrected chi connectivity index (χ4v) is 5.62. The first-order valence-corrected chi connectivity index (χ1v) is 15.5. The number of halogens is 4. The molecule has 2 aliphatic heterocycles. The molecule has 3 heterocycles. The van der Waals surface area contributed by atoms with Gasteiger partial charge in [-0.05, 0) is 67.3 Å². The van der Waals surface area contributed by atoms with Gasteiger partial charge in [-0.15, -0.1) is 0 Å². The average molecular weight is 690 g/mol. The third kappa shape index (κ3) is 9.59. The second-order valence-electron chi connectivity index (χ2n) is 11.4. The molecule has 5 rings (SSSR count). The Labute approximate surface area is 279 Å². The molecule has 1 unspecified atom stereocenters. The minimum atomic E-state index is -5.08. The van der Waals surface area contributed by atoms with E-state index in [9.17, 15) is 27.6 Å². The molecule has 2 aliphatic rings. The third-order valence-electron chi connectivity index (χ3n) is 8.03. The second-order valence-corrected chi connectivity index (χ2v) is 11.9. The monoisotopic (exact) mass is 689 g/mol. The van der Waals surface area contributed by atoms with Gasteiger partial charge in [0.05, 0.1) is 30.5 Å². The molecule has 2 aromatic carbocycles. The molecule has 0 saturated carbocycles. The number of amides is 3. The maximum atomic E-state index is 13.5. The van der Waals surface area contributed by atoms with Gasteiger partial charge in [-0.2, -0.15) is 13.2 Å². The van der Waals surface area contributed by atoms with Gasteiger partial charge in [-0.3, -0.25) is 19.9 Å². The van der Waals surface area contributed by atoms with E-state index in [-0.39, 0.29) is 29.7 Å². The predicted octanol–water partition coefficient (Wildman–Crippen LogP) is 6.66. The van der Waals surface area contributed by atoms with Crippen LogP contribution in [0.15, 0.2) is 60.8 Å². The highest BCUT2D eigenvalue weighted by molar-refractivity contribution is 6.30. The summed E-state index contributed by atoms with van der Waals surface area (Å²) in [5.74, 6) is -3.26. The van der Waals surface area contributed by atoms with Gasteiger partial charge < -0.3 is 25.4 Å². The number of nitrogens with zero attached hydrogens (tertiary/aromatic N) is 2. The van der Waals surface area contributed by atoms with Crippen molar-refractivity contribution in [3.63, 3.8) is 0 Å². The van der Waals surface area contributed by atoms with Crippen LogP contribution < -0.4 is 20.9 Å². The molecule has 0 radical (unpaired) electrons. The Morgan fingerprint density at radius 1 is 1.08 bits per heavy atom. The van der Waals surface area contributed by atoms with Crippen LogP contribution in [0.3, 0.4) is 0 Å². The van der Waals surface area contributed by atoms with Gasteiger partial charge >= 0.3 is 18.2 Å². The largest absolute Gasteiger partial charge is 0.490 e. The number of carbonyl (C=O) groups excluding carboxylic acids is 3. The Hall–Kier alpha value is -4.85. The lowest BCUT2D eigenvalue weighted by molar-refractivity contribution is -0.192. The van der Waals surface area contributed by atoms with Gasteiger partial charge in [0.2, 0.25) is 11.8 Å². The summed E-state index contributed by atoms with van der Waals surface area (Å²) in [7, 11) is 1.29. The summed E-state index contributed by atoms with van der Waals surface area (Å²) in [5.41, 5.74) is 4.48. The minimum absolute atomic E-state index is 0.00328. The first kappa shape index (κ1) is 36.0. The first-order chi connectivity index (χ1) is 22.7. The molecule has 256 valence electrons. The zero-order valence-electron chi connectivity index (χ0n) is 26.1. The maximum Gasteiger partial charge on any atom is 0.490 e. The van der Waals surface area contributed by atoms with Crippen molar-refractivity contribution < 1.29 is 42.2 Å². The average Bonchev–Trinajstić information content (AvgIpc) is 3.55. The Kier molecular flexibility index (Phi) is 11.9. The fourth-order valence-electron chi connectivity index (χ4n) is 5.43. The molecule has 15 heteroatoms. The van der Waals surface area contributed by atoms with Crippen LogP contribution in [0, 0.1) is 11.8 Å². The number of carboxylic acid groups (broad SMARTS) is 1. The predicted molar refractivity (Wildman–Crippen MR) is 174 cm³/mol. The summed E-state index contributed by atoms with van der Waals surface area (Å²) in [5, 5.41) is 16.8. The van der Waals surface area contributed by atoms with E-state index in [1.165, 1.54) is 7.11 Å². The summed E-state index contributed by atoms with van der Waals surface area (Å²) in [6.45, 7) is 3.30. The van der Waals surface area contributed by atoms with Gasteiger partial charge in [0.1, 0.15) is 0 Å². The third-order valence-corrected chi connectivity index (χ3v) is 8.26. The maximum absolute atomic E-state index is 13.5. The Morgan fingerprint density at radius 3 is 2.52 bits per heavy atom. The number of anilines is 3. The molecule has 3 amide bonds. The number of carbonyl (C=O) groups is 4. The minimum Gasteiger partial charge on any atom is -0.475 e. The molecule has 11 nitrogen and oxygen atoms in total. The second kappa shape index (κ2) is 15.8. The Balaban J connectivity index is 0.000000671. The zero-order valence-corrected chi connectivity index (χ0v) is 26.9. The summed E-state index contributed by atoms with van der Waals surface area (Å²) in [6, 6.07) is 16.6. The van der Waals surface area contributed by atoms with Crippen LogP contribution in [0.5, 0.6) is 0 Å². The van der Waals surface area contributed by atoms with E-state index in [1.54, 1.807) is 18.3 Å². The number of rotatable bonds is 4. The van der Waals surface area contributed by atoms with E-state index in [0.29, 0.717) is 35.8 Å². The van der Waals surface area contributed by atoms with Crippen molar-refractivity contribution in [1.29, 1.82) is 0 Å². The normalized spacial score (nSPS) is 19.2. The number of alkyl halides is 3. The van der Waals surface area contributed by atoms with Crippen LogP contribution in [0.1, 0.15) is 44.3 Å². The lowest BCUT2D eigenvalue weighted by atomic mass is 9.95. The summed E-state index contributed by atoms with van der Waals surface area (Å²) >= 11 is 6.18. The summed E-state index contributed by atoms with van der Waals surface area (Å²) in [4.78, 5) is 54.1. The number of carboxylic acids is 1. The zero-order chi connectivity index (χ0) is 35.0. The van der Waals surface area contributed by atoms with Crippen LogP contribution in [0.4, 0.5) is 35.0 Å². The van der Waals surface area contributed by atoms with Crippen molar-refractivity contribution in [3.8, 4) is 11.1 Å². The molecule has 1 aromatic heterocycles. The number of fused-ring (bicyclic) bond motifs is 4. The highest BCUT2D eigenvalue weighted by Gasteiger charge is 2.38. The lowest BCUT2D eigenvalue weighted by Crippen LogP contribution is -2.36. The quantitative estimate of drug-likeness (QED) is 0.238. The van der Waals surface area contributed by atoms with Crippen LogP contribution in [-0.2, 0) is 19.1 Å². The molecule has 0 spiro atoms. The molecule has 3 atom stereocenters. The number of hydrogen-bond donors (Lipinski definition) is 4. The number of aromatic nitrogens is 1. The van der Waals surface area contributed by atoms with E-state index >= 15 is 0 Å². The number of pyridine rings is 1.